The van der Waals surface area contributed by atoms with E-state index in [2.05, 4.69) is 12.2 Å². The third kappa shape index (κ3) is 4.15. The van der Waals surface area contributed by atoms with Crippen LogP contribution in [-0.4, -0.2) is 12.0 Å². The minimum Gasteiger partial charge on any atom is -0.481 e. The SMILES string of the molecule is CCc1ccc(O[C@H](C)C(=O)Nc2cccc(Cl)c2Cl)cc1. The predicted octanol–water partition coefficient (Wildman–Crippen LogP) is 4.96. The zero-order chi connectivity index (χ0) is 16.1. The summed E-state index contributed by atoms with van der Waals surface area (Å²) in [6.07, 6.45) is 0.311. The van der Waals surface area contributed by atoms with Gasteiger partial charge in [-0.15, -0.1) is 0 Å². The summed E-state index contributed by atoms with van der Waals surface area (Å²) in [5.74, 6) is 0.362. The van der Waals surface area contributed by atoms with E-state index in [-0.39, 0.29) is 5.91 Å². The number of carbonyl (C=O) groups excluding carboxylic acids is 1. The summed E-state index contributed by atoms with van der Waals surface area (Å²) in [7, 11) is 0. The highest BCUT2D eigenvalue weighted by atomic mass is 35.5. The Morgan fingerprint density at radius 1 is 1.18 bits per heavy atom. The number of ether oxygens (including phenoxy) is 1. The van der Waals surface area contributed by atoms with Crippen LogP contribution in [0, 0.1) is 0 Å². The number of carbonyl (C=O) groups is 1. The van der Waals surface area contributed by atoms with Gasteiger partial charge in [-0.05, 0) is 43.2 Å². The molecule has 0 spiro atoms. The Labute approximate surface area is 140 Å². The molecule has 1 atom stereocenters. The summed E-state index contributed by atoms with van der Waals surface area (Å²) in [4.78, 5) is 12.2. The van der Waals surface area contributed by atoms with E-state index in [1.54, 1.807) is 25.1 Å². The first-order valence-corrected chi connectivity index (χ1v) is 7.77. The smallest absolute Gasteiger partial charge is 0.265 e. The molecule has 0 aliphatic rings. The van der Waals surface area contributed by atoms with Crippen molar-refractivity contribution in [3.05, 3.63) is 58.1 Å². The number of amides is 1. The molecule has 116 valence electrons. The molecule has 0 saturated carbocycles. The van der Waals surface area contributed by atoms with E-state index >= 15 is 0 Å². The van der Waals surface area contributed by atoms with Crippen LogP contribution < -0.4 is 10.1 Å². The first kappa shape index (κ1) is 16.7. The molecule has 0 aliphatic carbocycles. The van der Waals surface area contributed by atoms with E-state index in [1.165, 1.54) is 5.56 Å². The van der Waals surface area contributed by atoms with E-state index < -0.39 is 6.10 Å². The molecule has 5 heteroatoms. The van der Waals surface area contributed by atoms with Crippen molar-refractivity contribution >= 4 is 34.8 Å². The standard InChI is InChI=1S/C17H17Cl2NO2/c1-3-12-7-9-13(10-8-12)22-11(2)17(21)20-15-6-4-5-14(18)16(15)19/h4-11H,3H2,1-2H3,(H,20,21)/t11-/m1/s1. The Kier molecular flexibility index (Phi) is 5.69. The predicted molar refractivity (Wildman–Crippen MR) is 91.0 cm³/mol. The number of benzene rings is 2. The molecule has 1 amide bonds. The van der Waals surface area contributed by atoms with Crippen LogP contribution in [0.4, 0.5) is 5.69 Å². The van der Waals surface area contributed by atoms with Gasteiger partial charge in [-0.2, -0.15) is 0 Å². The van der Waals surface area contributed by atoms with Crippen LogP contribution in [0.1, 0.15) is 19.4 Å². The van der Waals surface area contributed by atoms with Crippen LogP contribution in [0.15, 0.2) is 42.5 Å². The third-order valence-corrected chi connectivity index (χ3v) is 4.04. The van der Waals surface area contributed by atoms with E-state index in [0.29, 0.717) is 21.5 Å². The van der Waals surface area contributed by atoms with E-state index in [9.17, 15) is 4.79 Å². The van der Waals surface area contributed by atoms with Gasteiger partial charge < -0.3 is 10.1 Å². The van der Waals surface area contributed by atoms with Crippen LogP contribution >= 0.6 is 23.2 Å². The molecule has 0 aromatic heterocycles. The van der Waals surface area contributed by atoms with Gasteiger partial charge in [0, 0.05) is 0 Å². The zero-order valence-electron chi connectivity index (χ0n) is 12.4. The second-order valence-electron chi connectivity index (χ2n) is 4.85. The summed E-state index contributed by atoms with van der Waals surface area (Å²) < 4.78 is 5.63. The van der Waals surface area contributed by atoms with Crippen LogP contribution in [0.3, 0.4) is 0 Å². The molecule has 0 saturated heterocycles. The molecule has 2 aromatic rings. The second-order valence-corrected chi connectivity index (χ2v) is 5.63. The van der Waals surface area contributed by atoms with Gasteiger partial charge in [-0.3, -0.25) is 4.79 Å². The average Bonchev–Trinajstić information content (AvgIpc) is 2.52. The molecule has 0 bridgehead atoms. The van der Waals surface area contributed by atoms with Gasteiger partial charge in [0.25, 0.3) is 5.91 Å². The lowest BCUT2D eigenvalue weighted by atomic mass is 10.2. The Balaban J connectivity index is 2.01. The van der Waals surface area contributed by atoms with Crippen molar-refractivity contribution in [3.63, 3.8) is 0 Å². The summed E-state index contributed by atoms with van der Waals surface area (Å²) in [5.41, 5.74) is 1.69. The monoisotopic (exact) mass is 337 g/mol. The van der Waals surface area contributed by atoms with Crippen molar-refractivity contribution < 1.29 is 9.53 Å². The molecule has 22 heavy (non-hydrogen) atoms. The van der Waals surface area contributed by atoms with Gasteiger partial charge in [-0.25, -0.2) is 0 Å². The zero-order valence-corrected chi connectivity index (χ0v) is 13.9. The van der Waals surface area contributed by atoms with Gasteiger partial charge in [0.05, 0.1) is 15.7 Å². The molecule has 0 radical (unpaired) electrons. The van der Waals surface area contributed by atoms with Gasteiger partial charge in [0.2, 0.25) is 0 Å². The van der Waals surface area contributed by atoms with E-state index in [0.717, 1.165) is 6.42 Å². The quantitative estimate of drug-likeness (QED) is 0.837. The van der Waals surface area contributed by atoms with E-state index in [4.69, 9.17) is 27.9 Å². The maximum absolute atomic E-state index is 12.2. The summed E-state index contributed by atoms with van der Waals surface area (Å²) in [5, 5.41) is 3.42. The number of hydrogen-bond donors (Lipinski definition) is 1. The molecule has 3 nitrogen and oxygen atoms in total. The van der Waals surface area contributed by atoms with Crippen LogP contribution in [0.2, 0.25) is 10.0 Å². The Hall–Kier alpha value is -1.71. The van der Waals surface area contributed by atoms with E-state index in [1.807, 2.05) is 24.3 Å². The molecule has 1 N–H and O–H groups in total. The summed E-state index contributed by atoms with van der Waals surface area (Å²) in [6.45, 7) is 3.77. The number of aryl methyl sites for hydroxylation is 1. The molecule has 0 heterocycles. The Bertz CT molecular complexity index is 656. The number of hydrogen-bond acceptors (Lipinski definition) is 2. The number of anilines is 1. The highest BCUT2D eigenvalue weighted by Gasteiger charge is 2.16. The normalized spacial score (nSPS) is 11.8. The lowest BCUT2D eigenvalue weighted by Crippen LogP contribution is -2.30. The van der Waals surface area contributed by atoms with Crippen molar-refractivity contribution in [1.29, 1.82) is 0 Å². The largest absolute Gasteiger partial charge is 0.481 e. The lowest BCUT2D eigenvalue weighted by Gasteiger charge is -2.15. The van der Waals surface area contributed by atoms with Crippen LogP contribution in [0.5, 0.6) is 5.75 Å². The average molecular weight is 338 g/mol. The summed E-state index contributed by atoms with van der Waals surface area (Å²) >= 11 is 12.0. The Morgan fingerprint density at radius 3 is 2.50 bits per heavy atom. The number of halogens is 2. The fraction of sp³-hybridized carbons (Fsp3) is 0.235. The van der Waals surface area contributed by atoms with Crippen molar-refractivity contribution in [3.8, 4) is 5.75 Å². The molecule has 2 aromatic carbocycles. The minimum absolute atomic E-state index is 0.288. The number of rotatable bonds is 5. The van der Waals surface area contributed by atoms with Crippen LogP contribution in [-0.2, 0) is 11.2 Å². The lowest BCUT2D eigenvalue weighted by molar-refractivity contribution is -0.122. The maximum Gasteiger partial charge on any atom is 0.265 e. The minimum atomic E-state index is -0.650. The third-order valence-electron chi connectivity index (χ3n) is 3.22. The van der Waals surface area contributed by atoms with Crippen molar-refractivity contribution in [2.24, 2.45) is 0 Å². The highest BCUT2D eigenvalue weighted by molar-refractivity contribution is 6.44. The fourth-order valence-electron chi connectivity index (χ4n) is 1.90. The molecule has 0 fully saturated rings. The highest BCUT2D eigenvalue weighted by Crippen LogP contribution is 2.29. The molecular weight excluding hydrogens is 321 g/mol. The van der Waals surface area contributed by atoms with Gasteiger partial charge in [0.15, 0.2) is 6.10 Å². The molecule has 0 unspecified atom stereocenters. The molecule has 0 aliphatic heterocycles. The van der Waals surface area contributed by atoms with Gasteiger partial charge in [0.1, 0.15) is 5.75 Å². The molecular formula is C17H17Cl2NO2. The molecule has 2 rings (SSSR count). The topological polar surface area (TPSA) is 38.3 Å². The van der Waals surface area contributed by atoms with Crippen molar-refractivity contribution in [2.75, 3.05) is 5.32 Å². The first-order chi connectivity index (χ1) is 10.5. The van der Waals surface area contributed by atoms with Crippen molar-refractivity contribution in [1.82, 2.24) is 0 Å². The first-order valence-electron chi connectivity index (χ1n) is 7.01. The Morgan fingerprint density at radius 2 is 1.86 bits per heavy atom. The van der Waals surface area contributed by atoms with Crippen LogP contribution in [0.25, 0.3) is 0 Å². The number of nitrogens with one attached hydrogen (secondary N) is 1. The summed E-state index contributed by atoms with van der Waals surface area (Å²) in [6, 6.07) is 12.7. The van der Waals surface area contributed by atoms with Gasteiger partial charge in [-0.1, -0.05) is 48.3 Å². The van der Waals surface area contributed by atoms with Gasteiger partial charge >= 0.3 is 0 Å². The van der Waals surface area contributed by atoms with Crippen molar-refractivity contribution in [2.45, 2.75) is 26.4 Å². The second kappa shape index (κ2) is 7.52. The fourth-order valence-corrected chi connectivity index (χ4v) is 2.24. The maximum atomic E-state index is 12.2.